The van der Waals surface area contributed by atoms with Crippen LogP contribution in [0.1, 0.15) is 12.8 Å². The Labute approximate surface area is 124 Å². The van der Waals surface area contributed by atoms with Gasteiger partial charge in [-0.15, -0.1) is 0 Å². The number of hydrogen-bond acceptors (Lipinski definition) is 2. The van der Waals surface area contributed by atoms with E-state index in [2.05, 4.69) is 59.5 Å². The zero-order valence-electron chi connectivity index (χ0n) is 11.9. The molecule has 1 aliphatic heterocycles. The Kier molecular flexibility index (Phi) is 2.88. The number of hydrogen-bond donors (Lipinski definition) is 0. The SMILES string of the molecule is O=C1CCCN(c2c3ccccc3cc3ccccc23)C1. The number of benzene rings is 3. The summed E-state index contributed by atoms with van der Waals surface area (Å²) in [6, 6.07) is 19.2. The zero-order valence-corrected chi connectivity index (χ0v) is 11.9. The second-order valence-corrected chi connectivity index (χ2v) is 5.73. The van der Waals surface area contributed by atoms with Crippen molar-refractivity contribution in [3.8, 4) is 0 Å². The van der Waals surface area contributed by atoms with Crippen molar-refractivity contribution < 1.29 is 4.79 Å². The van der Waals surface area contributed by atoms with E-state index in [1.54, 1.807) is 0 Å². The molecule has 0 N–H and O–H groups in total. The molecule has 0 spiro atoms. The maximum Gasteiger partial charge on any atom is 0.152 e. The lowest BCUT2D eigenvalue weighted by Gasteiger charge is -2.30. The van der Waals surface area contributed by atoms with Crippen molar-refractivity contribution in [2.45, 2.75) is 12.8 Å². The van der Waals surface area contributed by atoms with E-state index < -0.39 is 0 Å². The quantitative estimate of drug-likeness (QED) is 0.621. The Morgan fingerprint density at radius 2 is 1.48 bits per heavy atom. The van der Waals surface area contributed by atoms with Gasteiger partial charge in [-0.05, 0) is 23.3 Å². The van der Waals surface area contributed by atoms with Crippen molar-refractivity contribution in [2.24, 2.45) is 0 Å². The monoisotopic (exact) mass is 275 g/mol. The summed E-state index contributed by atoms with van der Waals surface area (Å²) < 4.78 is 0. The minimum atomic E-state index is 0.346. The summed E-state index contributed by atoms with van der Waals surface area (Å²) >= 11 is 0. The molecule has 0 aliphatic carbocycles. The van der Waals surface area contributed by atoms with Gasteiger partial charge in [-0.25, -0.2) is 0 Å². The summed E-state index contributed by atoms with van der Waals surface area (Å²) in [4.78, 5) is 14.1. The summed E-state index contributed by atoms with van der Waals surface area (Å²) in [5.74, 6) is 0.346. The third-order valence-corrected chi connectivity index (χ3v) is 4.31. The van der Waals surface area contributed by atoms with Gasteiger partial charge in [0.25, 0.3) is 0 Å². The van der Waals surface area contributed by atoms with E-state index >= 15 is 0 Å². The van der Waals surface area contributed by atoms with Gasteiger partial charge in [-0.3, -0.25) is 4.79 Å². The molecule has 0 radical (unpaired) electrons. The number of rotatable bonds is 1. The number of ketones is 1. The fourth-order valence-electron chi connectivity index (χ4n) is 3.36. The highest BCUT2D eigenvalue weighted by Crippen LogP contribution is 2.36. The van der Waals surface area contributed by atoms with Gasteiger partial charge in [0.05, 0.1) is 12.2 Å². The number of piperidine rings is 1. The largest absolute Gasteiger partial charge is 0.363 e. The van der Waals surface area contributed by atoms with E-state index in [4.69, 9.17) is 0 Å². The number of carbonyl (C=O) groups excluding carboxylic acids is 1. The molecule has 0 saturated carbocycles. The predicted octanol–water partition coefficient (Wildman–Crippen LogP) is 4.16. The average molecular weight is 275 g/mol. The van der Waals surface area contributed by atoms with Gasteiger partial charge < -0.3 is 4.90 Å². The number of nitrogens with zero attached hydrogens (tertiary/aromatic N) is 1. The van der Waals surface area contributed by atoms with Gasteiger partial charge >= 0.3 is 0 Å². The van der Waals surface area contributed by atoms with Crippen LogP contribution in [-0.4, -0.2) is 18.9 Å². The fraction of sp³-hybridized carbons (Fsp3) is 0.211. The van der Waals surface area contributed by atoms with Gasteiger partial charge in [0, 0.05) is 23.7 Å². The molecular formula is C19H17NO. The third-order valence-electron chi connectivity index (χ3n) is 4.31. The van der Waals surface area contributed by atoms with Crippen LogP contribution in [0.2, 0.25) is 0 Å². The fourth-order valence-corrected chi connectivity index (χ4v) is 3.36. The number of Topliss-reactive ketones (excluding diaryl/α,β-unsaturated/α-hetero) is 1. The van der Waals surface area contributed by atoms with Crippen LogP contribution in [0.5, 0.6) is 0 Å². The smallest absolute Gasteiger partial charge is 0.152 e. The molecule has 0 unspecified atom stereocenters. The van der Waals surface area contributed by atoms with Gasteiger partial charge in [-0.1, -0.05) is 48.5 Å². The number of anilines is 1. The summed E-state index contributed by atoms with van der Waals surface area (Å²) in [5.41, 5.74) is 1.22. The van der Waals surface area contributed by atoms with E-state index in [1.807, 2.05) is 0 Å². The summed E-state index contributed by atoms with van der Waals surface area (Å²) in [6.07, 6.45) is 1.68. The zero-order chi connectivity index (χ0) is 14.2. The maximum absolute atomic E-state index is 11.9. The molecule has 0 bridgehead atoms. The Balaban J connectivity index is 2.04. The molecule has 0 amide bonds. The minimum Gasteiger partial charge on any atom is -0.363 e. The molecule has 3 aromatic rings. The molecule has 1 heterocycles. The van der Waals surface area contributed by atoms with Crippen molar-refractivity contribution in [3.05, 3.63) is 54.6 Å². The van der Waals surface area contributed by atoms with E-state index in [0.717, 1.165) is 19.4 Å². The molecule has 104 valence electrons. The highest BCUT2D eigenvalue weighted by Gasteiger charge is 2.20. The van der Waals surface area contributed by atoms with Crippen LogP contribution in [0.15, 0.2) is 54.6 Å². The van der Waals surface area contributed by atoms with Crippen LogP contribution in [-0.2, 0) is 4.79 Å². The molecule has 2 nitrogen and oxygen atoms in total. The molecule has 0 atom stereocenters. The highest BCUT2D eigenvalue weighted by atomic mass is 16.1. The molecule has 1 saturated heterocycles. The van der Waals surface area contributed by atoms with Crippen LogP contribution >= 0.6 is 0 Å². The maximum atomic E-state index is 11.9. The third kappa shape index (κ3) is 2.07. The lowest BCUT2D eigenvalue weighted by atomic mass is 9.98. The second-order valence-electron chi connectivity index (χ2n) is 5.73. The summed E-state index contributed by atoms with van der Waals surface area (Å²) in [5, 5.41) is 4.96. The standard InChI is InChI=1S/C19H17NO/c21-16-8-5-11-20(13-16)19-17-9-3-1-6-14(17)12-15-7-2-4-10-18(15)19/h1-4,6-7,9-10,12H,5,8,11,13H2. The van der Waals surface area contributed by atoms with E-state index in [1.165, 1.54) is 27.2 Å². The lowest BCUT2D eigenvalue weighted by molar-refractivity contribution is -0.118. The average Bonchev–Trinajstić information content (AvgIpc) is 2.52. The van der Waals surface area contributed by atoms with E-state index in [-0.39, 0.29) is 0 Å². The van der Waals surface area contributed by atoms with Crippen LogP contribution < -0.4 is 4.90 Å². The van der Waals surface area contributed by atoms with Crippen molar-refractivity contribution in [2.75, 3.05) is 18.0 Å². The second kappa shape index (κ2) is 4.88. The number of carbonyl (C=O) groups is 1. The normalized spacial score (nSPS) is 15.8. The minimum absolute atomic E-state index is 0.346. The Bertz CT molecular complexity index is 783. The van der Waals surface area contributed by atoms with Crippen LogP contribution in [0, 0.1) is 0 Å². The molecule has 4 rings (SSSR count). The molecule has 21 heavy (non-hydrogen) atoms. The van der Waals surface area contributed by atoms with E-state index in [9.17, 15) is 4.79 Å². The van der Waals surface area contributed by atoms with E-state index in [0.29, 0.717) is 12.3 Å². The number of fused-ring (bicyclic) bond motifs is 2. The molecule has 3 aromatic carbocycles. The van der Waals surface area contributed by atoms with Crippen molar-refractivity contribution in [1.82, 2.24) is 0 Å². The molecular weight excluding hydrogens is 258 g/mol. The molecule has 0 aromatic heterocycles. The van der Waals surface area contributed by atoms with Crippen LogP contribution in [0.3, 0.4) is 0 Å². The Hall–Kier alpha value is -2.35. The first-order valence-electron chi connectivity index (χ1n) is 7.50. The van der Waals surface area contributed by atoms with Gasteiger partial charge in [0.1, 0.15) is 0 Å². The van der Waals surface area contributed by atoms with Crippen molar-refractivity contribution in [1.29, 1.82) is 0 Å². The Morgan fingerprint density at radius 1 is 0.857 bits per heavy atom. The molecule has 2 heteroatoms. The van der Waals surface area contributed by atoms with Crippen molar-refractivity contribution in [3.63, 3.8) is 0 Å². The predicted molar refractivity (Wildman–Crippen MR) is 87.9 cm³/mol. The van der Waals surface area contributed by atoms with Crippen molar-refractivity contribution >= 4 is 33.0 Å². The topological polar surface area (TPSA) is 20.3 Å². The summed E-state index contributed by atoms with van der Waals surface area (Å²) in [6.45, 7) is 1.50. The van der Waals surface area contributed by atoms with Gasteiger partial charge in [0.2, 0.25) is 0 Å². The highest BCUT2D eigenvalue weighted by molar-refractivity contribution is 6.12. The first kappa shape index (κ1) is 12.4. The molecule has 1 fully saturated rings. The van der Waals surface area contributed by atoms with Gasteiger partial charge in [0.15, 0.2) is 5.78 Å². The first-order valence-corrected chi connectivity index (χ1v) is 7.50. The van der Waals surface area contributed by atoms with Crippen LogP contribution in [0.4, 0.5) is 5.69 Å². The first-order chi connectivity index (χ1) is 10.3. The molecule has 1 aliphatic rings. The lowest BCUT2D eigenvalue weighted by Crippen LogP contribution is -2.35. The summed E-state index contributed by atoms with van der Waals surface area (Å²) in [7, 11) is 0. The Morgan fingerprint density at radius 3 is 2.10 bits per heavy atom. The van der Waals surface area contributed by atoms with Gasteiger partial charge in [-0.2, -0.15) is 0 Å². The van der Waals surface area contributed by atoms with Crippen LogP contribution in [0.25, 0.3) is 21.5 Å².